The van der Waals surface area contributed by atoms with E-state index in [1.165, 1.54) is 12.5 Å². The van der Waals surface area contributed by atoms with Crippen molar-refractivity contribution in [2.24, 2.45) is 0 Å². The van der Waals surface area contributed by atoms with Crippen molar-refractivity contribution >= 4 is 22.6 Å². The quantitative estimate of drug-likeness (QED) is 0.300. The summed E-state index contributed by atoms with van der Waals surface area (Å²) in [5, 5.41) is 8.76. The lowest BCUT2D eigenvalue weighted by atomic mass is 10.0. The van der Waals surface area contributed by atoms with Gasteiger partial charge in [-0.1, -0.05) is 42.5 Å². The van der Waals surface area contributed by atoms with E-state index in [1.807, 2.05) is 60.7 Å². The number of hydrogen-bond acceptors (Lipinski definition) is 5. The predicted molar refractivity (Wildman–Crippen MR) is 120 cm³/mol. The molecule has 0 unspecified atom stereocenters. The summed E-state index contributed by atoms with van der Waals surface area (Å²) in [5.41, 5.74) is 3.52. The Bertz CT molecular complexity index is 1430. The van der Waals surface area contributed by atoms with E-state index < -0.39 is 11.6 Å². The molecule has 33 heavy (non-hydrogen) atoms. The van der Waals surface area contributed by atoms with E-state index in [2.05, 4.69) is 15.2 Å². The van der Waals surface area contributed by atoms with Gasteiger partial charge in [-0.25, -0.2) is 13.8 Å². The Morgan fingerprint density at radius 3 is 2.55 bits per heavy atom. The maximum atomic E-state index is 13.7. The first-order valence-corrected chi connectivity index (χ1v) is 10.2. The molecule has 162 valence electrons. The van der Waals surface area contributed by atoms with Gasteiger partial charge in [-0.15, -0.1) is 10.2 Å². The van der Waals surface area contributed by atoms with Crippen molar-refractivity contribution in [1.29, 1.82) is 0 Å². The van der Waals surface area contributed by atoms with Crippen LogP contribution in [0.4, 0.5) is 8.78 Å². The average Bonchev–Trinajstić information content (AvgIpc) is 3.38. The van der Waals surface area contributed by atoms with Crippen molar-refractivity contribution in [3.05, 3.63) is 120 Å². The van der Waals surface area contributed by atoms with Crippen molar-refractivity contribution in [2.75, 3.05) is 0 Å². The molecule has 0 spiro atoms. The number of aromatic nitrogens is 3. The lowest BCUT2D eigenvalue weighted by Crippen LogP contribution is -1.98. The van der Waals surface area contributed by atoms with Crippen LogP contribution in [0.3, 0.4) is 0 Å². The average molecular weight is 441 g/mol. The van der Waals surface area contributed by atoms with Crippen LogP contribution in [0.5, 0.6) is 5.75 Å². The second-order valence-electron chi connectivity index (χ2n) is 7.28. The van der Waals surface area contributed by atoms with Crippen molar-refractivity contribution in [2.45, 2.75) is 6.61 Å². The number of ether oxygens (including phenoxy) is 1. The lowest BCUT2D eigenvalue weighted by Gasteiger charge is -2.09. The third-order valence-corrected chi connectivity index (χ3v) is 5.05. The summed E-state index contributed by atoms with van der Waals surface area (Å²) in [6.07, 6.45) is 2.87. The normalized spacial score (nSPS) is 11.6. The minimum atomic E-state index is -0.931. The molecule has 0 bridgehead atoms. The molecule has 2 aromatic heterocycles. The van der Waals surface area contributed by atoms with Crippen LogP contribution in [0.1, 0.15) is 22.7 Å². The van der Waals surface area contributed by atoms with E-state index in [-0.39, 0.29) is 5.89 Å². The fourth-order valence-corrected chi connectivity index (χ4v) is 3.40. The number of rotatable bonds is 6. The summed E-state index contributed by atoms with van der Waals surface area (Å²) in [5.74, 6) is -0.922. The molecule has 0 N–H and O–H groups in total. The van der Waals surface area contributed by atoms with Gasteiger partial charge in [-0.05, 0) is 53.6 Å². The van der Waals surface area contributed by atoms with E-state index in [4.69, 9.17) is 9.15 Å². The van der Waals surface area contributed by atoms with Crippen molar-refractivity contribution in [1.82, 2.24) is 15.2 Å². The number of halogens is 2. The second-order valence-corrected chi connectivity index (χ2v) is 7.28. The summed E-state index contributed by atoms with van der Waals surface area (Å²) in [6.45, 7) is 0.325. The summed E-state index contributed by atoms with van der Waals surface area (Å²) < 4.78 is 38.2. The van der Waals surface area contributed by atoms with Crippen LogP contribution in [0.25, 0.3) is 22.6 Å². The van der Waals surface area contributed by atoms with Gasteiger partial charge >= 0.3 is 0 Å². The number of nitrogens with zero attached hydrogens (tertiary/aromatic N) is 3. The number of benzene rings is 3. The van der Waals surface area contributed by atoms with E-state index in [0.717, 1.165) is 34.3 Å². The van der Waals surface area contributed by atoms with Crippen LogP contribution in [-0.4, -0.2) is 15.2 Å². The highest BCUT2D eigenvalue weighted by Crippen LogP contribution is 2.27. The second kappa shape index (κ2) is 9.00. The highest BCUT2D eigenvalue weighted by atomic mass is 19.2. The Morgan fingerprint density at radius 2 is 1.76 bits per heavy atom. The lowest BCUT2D eigenvalue weighted by molar-refractivity contribution is 0.302. The van der Waals surface area contributed by atoms with Gasteiger partial charge in [0.05, 0.1) is 11.2 Å². The monoisotopic (exact) mass is 441 g/mol. The first-order valence-electron chi connectivity index (χ1n) is 10.2. The molecule has 0 radical (unpaired) electrons. The van der Waals surface area contributed by atoms with Crippen molar-refractivity contribution in [3.8, 4) is 5.75 Å². The number of para-hydroxylation sites is 1. The molecule has 5 aromatic rings. The first kappa shape index (κ1) is 20.5. The molecule has 0 atom stereocenters. The van der Waals surface area contributed by atoms with Gasteiger partial charge in [0.15, 0.2) is 11.6 Å². The van der Waals surface area contributed by atoms with Crippen LogP contribution in [0.15, 0.2) is 89.7 Å². The van der Waals surface area contributed by atoms with Gasteiger partial charge in [0.2, 0.25) is 12.3 Å². The molecule has 0 aliphatic carbocycles. The van der Waals surface area contributed by atoms with Crippen LogP contribution < -0.4 is 4.74 Å². The maximum absolute atomic E-state index is 13.7. The SMILES string of the molecule is Fc1ccc(/C=C(\c2ccc(OCc3ccc4ccccc4n3)cc2)c2nnco2)cc1F. The third-order valence-electron chi connectivity index (χ3n) is 5.05. The van der Waals surface area contributed by atoms with E-state index in [1.54, 1.807) is 6.08 Å². The number of pyridine rings is 1. The largest absolute Gasteiger partial charge is 0.487 e. The minimum Gasteiger partial charge on any atom is -0.487 e. The molecule has 0 aliphatic heterocycles. The molecular formula is C26H17F2N3O2. The van der Waals surface area contributed by atoms with Gasteiger partial charge in [-0.2, -0.15) is 0 Å². The molecule has 0 saturated carbocycles. The van der Waals surface area contributed by atoms with Gasteiger partial charge < -0.3 is 9.15 Å². The Labute approximate surface area is 188 Å². The summed E-state index contributed by atoms with van der Waals surface area (Å²) >= 11 is 0. The molecule has 5 nitrogen and oxygen atoms in total. The van der Waals surface area contributed by atoms with E-state index in [9.17, 15) is 8.78 Å². The van der Waals surface area contributed by atoms with Gasteiger partial charge in [0, 0.05) is 11.0 Å². The minimum absolute atomic E-state index is 0.258. The van der Waals surface area contributed by atoms with Crippen LogP contribution in [0.2, 0.25) is 0 Å². The van der Waals surface area contributed by atoms with E-state index in [0.29, 0.717) is 23.5 Å². The number of hydrogen-bond donors (Lipinski definition) is 0. The Hall–Kier alpha value is -4.39. The smallest absolute Gasteiger partial charge is 0.248 e. The molecule has 0 saturated heterocycles. The molecule has 5 rings (SSSR count). The Balaban J connectivity index is 1.37. The number of fused-ring (bicyclic) bond motifs is 1. The summed E-state index contributed by atoms with van der Waals surface area (Å²) in [6, 6.07) is 22.8. The highest BCUT2D eigenvalue weighted by Gasteiger charge is 2.12. The van der Waals surface area contributed by atoms with Crippen LogP contribution in [0, 0.1) is 11.6 Å². The zero-order valence-electron chi connectivity index (χ0n) is 17.3. The molecule has 2 heterocycles. The maximum Gasteiger partial charge on any atom is 0.248 e. The molecule has 3 aromatic carbocycles. The fourth-order valence-electron chi connectivity index (χ4n) is 3.40. The zero-order valence-corrected chi connectivity index (χ0v) is 17.3. The molecular weight excluding hydrogens is 424 g/mol. The summed E-state index contributed by atoms with van der Waals surface area (Å²) in [7, 11) is 0. The van der Waals surface area contributed by atoms with Gasteiger partial charge in [0.25, 0.3) is 0 Å². The predicted octanol–water partition coefficient (Wildman–Crippen LogP) is 6.06. The Kier molecular flexibility index (Phi) is 5.59. The molecule has 0 fully saturated rings. The first-order chi connectivity index (χ1) is 16.2. The topological polar surface area (TPSA) is 61.0 Å². The standard InChI is InChI=1S/C26H17F2N3O2/c27-23-12-5-17(14-24(23)28)13-22(26-31-29-16-33-26)18-7-10-21(11-8-18)32-15-20-9-6-19-3-1-2-4-25(19)30-20/h1-14,16H,15H2/b22-13+. The van der Waals surface area contributed by atoms with Gasteiger partial charge in [0.1, 0.15) is 12.4 Å². The Morgan fingerprint density at radius 1 is 0.909 bits per heavy atom. The molecule has 0 aliphatic rings. The van der Waals surface area contributed by atoms with E-state index >= 15 is 0 Å². The van der Waals surface area contributed by atoms with Crippen LogP contribution in [-0.2, 0) is 6.61 Å². The fraction of sp³-hybridized carbons (Fsp3) is 0.0385. The van der Waals surface area contributed by atoms with Crippen LogP contribution >= 0.6 is 0 Å². The van der Waals surface area contributed by atoms with Gasteiger partial charge in [-0.3, -0.25) is 0 Å². The third kappa shape index (κ3) is 4.62. The highest BCUT2D eigenvalue weighted by molar-refractivity contribution is 5.88. The zero-order chi connectivity index (χ0) is 22.6. The summed E-state index contributed by atoms with van der Waals surface area (Å²) in [4.78, 5) is 4.61. The molecule has 7 heteroatoms. The molecule has 0 amide bonds. The van der Waals surface area contributed by atoms with Crippen molar-refractivity contribution in [3.63, 3.8) is 0 Å². The van der Waals surface area contributed by atoms with Crippen molar-refractivity contribution < 1.29 is 17.9 Å².